The average molecular weight is 461 g/mol. The zero-order valence-electron chi connectivity index (χ0n) is 17.6. The van der Waals surface area contributed by atoms with E-state index in [4.69, 9.17) is 9.47 Å². The highest BCUT2D eigenvalue weighted by Crippen LogP contribution is 2.32. The van der Waals surface area contributed by atoms with E-state index in [1.54, 1.807) is 43.3 Å². The van der Waals surface area contributed by atoms with Gasteiger partial charge < -0.3 is 9.47 Å². The summed E-state index contributed by atoms with van der Waals surface area (Å²) < 4.78 is 10.4. The van der Waals surface area contributed by atoms with Gasteiger partial charge in [-0.15, -0.1) is 0 Å². The van der Waals surface area contributed by atoms with E-state index in [-0.39, 0.29) is 11.5 Å². The summed E-state index contributed by atoms with van der Waals surface area (Å²) >= 11 is 0.738. The van der Waals surface area contributed by atoms with Crippen LogP contribution in [0.3, 0.4) is 0 Å². The van der Waals surface area contributed by atoms with Gasteiger partial charge in [0.05, 0.1) is 17.1 Å². The first-order chi connectivity index (χ1) is 16.0. The number of carbonyl (C=O) groups is 4. The van der Waals surface area contributed by atoms with Gasteiger partial charge in [-0.2, -0.15) is 0 Å². The van der Waals surface area contributed by atoms with Crippen molar-refractivity contribution in [3.05, 3.63) is 82.8 Å². The summed E-state index contributed by atoms with van der Waals surface area (Å²) in [4.78, 5) is 50.2. The number of hydrogen-bond acceptors (Lipinski definition) is 7. The normalized spacial score (nSPS) is 14.7. The Bertz CT molecular complexity index is 1290. The van der Waals surface area contributed by atoms with Crippen molar-refractivity contribution in [3.63, 3.8) is 0 Å². The molecule has 2 amide bonds. The number of hydrogen-bond donors (Lipinski definition) is 0. The molecule has 0 aliphatic carbocycles. The molecule has 0 N–H and O–H groups in total. The lowest BCUT2D eigenvalue weighted by molar-refractivity contribution is -0.145. The van der Waals surface area contributed by atoms with Crippen LogP contribution in [0.1, 0.15) is 22.8 Å². The van der Waals surface area contributed by atoms with E-state index in [1.165, 1.54) is 6.08 Å². The van der Waals surface area contributed by atoms with Gasteiger partial charge in [-0.05, 0) is 59.3 Å². The van der Waals surface area contributed by atoms with Crippen LogP contribution in [-0.4, -0.2) is 41.1 Å². The molecular formula is C25H19NO6S. The molecule has 0 radical (unpaired) electrons. The highest BCUT2D eigenvalue weighted by Gasteiger charge is 2.36. The Labute approximate surface area is 194 Å². The fourth-order valence-corrected chi connectivity index (χ4v) is 4.19. The molecule has 3 aromatic carbocycles. The maximum atomic E-state index is 12.8. The van der Waals surface area contributed by atoms with E-state index >= 15 is 0 Å². The Morgan fingerprint density at radius 2 is 1.76 bits per heavy atom. The number of benzene rings is 3. The van der Waals surface area contributed by atoms with Gasteiger partial charge in [0.15, 0.2) is 0 Å². The molecular weight excluding hydrogens is 442 g/mol. The molecule has 1 heterocycles. The molecule has 4 rings (SSSR count). The number of imide groups is 1. The summed E-state index contributed by atoms with van der Waals surface area (Å²) in [7, 11) is 0. The topological polar surface area (TPSA) is 90.0 Å². The minimum absolute atomic E-state index is 0.162. The van der Waals surface area contributed by atoms with Gasteiger partial charge in [0, 0.05) is 0 Å². The second-order valence-corrected chi connectivity index (χ2v) is 8.05. The monoisotopic (exact) mass is 461 g/mol. The molecule has 8 heteroatoms. The van der Waals surface area contributed by atoms with Gasteiger partial charge in [0.25, 0.3) is 11.1 Å². The van der Waals surface area contributed by atoms with Crippen molar-refractivity contribution in [2.75, 3.05) is 13.2 Å². The van der Waals surface area contributed by atoms with E-state index < -0.39 is 29.6 Å². The van der Waals surface area contributed by atoms with Crippen molar-refractivity contribution in [3.8, 4) is 5.75 Å². The number of nitrogens with zero attached hydrogens (tertiary/aromatic N) is 1. The summed E-state index contributed by atoms with van der Waals surface area (Å²) in [6, 6.07) is 19.6. The Hall–Kier alpha value is -3.91. The minimum Gasteiger partial charge on any atom is -0.465 e. The van der Waals surface area contributed by atoms with Crippen LogP contribution in [0.5, 0.6) is 5.75 Å². The van der Waals surface area contributed by atoms with Gasteiger partial charge in [-0.25, -0.2) is 4.79 Å². The Morgan fingerprint density at radius 1 is 1.00 bits per heavy atom. The third-order valence-corrected chi connectivity index (χ3v) is 5.75. The van der Waals surface area contributed by atoms with Crippen molar-refractivity contribution in [1.29, 1.82) is 0 Å². The molecule has 1 fully saturated rings. The fourth-order valence-electron chi connectivity index (χ4n) is 3.36. The predicted molar refractivity (Wildman–Crippen MR) is 125 cm³/mol. The number of fused-ring (bicyclic) bond motifs is 1. The van der Waals surface area contributed by atoms with E-state index in [9.17, 15) is 19.2 Å². The first kappa shape index (κ1) is 22.3. The number of ether oxygens (including phenoxy) is 2. The standard InChI is InChI=1S/C25H19NO6S/c1-2-31-22(27)15-26-23(28)21(33-25(26)30)14-16-7-5-10-18(13-16)32-24(29)20-12-6-9-17-8-3-4-11-19(17)20/h3-14H,2,15H2,1H3/b21-14-. The largest absolute Gasteiger partial charge is 0.465 e. The van der Waals surface area contributed by atoms with Gasteiger partial charge >= 0.3 is 11.9 Å². The van der Waals surface area contributed by atoms with Crippen molar-refractivity contribution >= 4 is 51.7 Å². The lowest BCUT2D eigenvalue weighted by atomic mass is 10.0. The predicted octanol–water partition coefficient (Wildman–Crippen LogP) is 4.66. The SMILES string of the molecule is CCOC(=O)CN1C(=O)S/C(=C\c2cccc(OC(=O)c3cccc4ccccc34)c2)C1=O. The molecule has 0 aromatic heterocycles. The van der Waals surface area contributed by atoms with E-state index in [2.05, 4.69) is 0 Å². The molecule has 0 unspecified atom stereocenters. The van der Waals surface area contributed by atoms with Gasteiger partial charge in [-0.1, -0.05) is 48.5 Å². The van der Waals surface area contributed by atoms with Crippen LogP contribution >= 0.6 is 11.8 Å². The molecule has 3 aromatic rings. The first-order valence-corrected chi connectivity index (χ1v) is 11.0. The van der Waals surface area contributed by atoms with Crippen LogP contribution in [-0.2, 0) is 14.3 Å². The smallest absolute Gasteiger partial charge is 0.344 e. The summed E-state index contributed by atoms with van der Waals surface area (Å²) in [6.07, 6.45) is 1.52. The van der Waals surface area contributed by atoms with E-state index in [0.29, 0.717) is 16.9 Å². The molecule has 1 saturated heterocycles. The molecule has 1 aliphatic rings. The molecule has 0 atom stereocenters. The fraction of sp³-hybridized carbons (Fsp3) is 0.120. The first-order valence-electron chi connectivity index (χ1n) is 10.2. The Morgan fingerprint density at radius 3 is 2.58 bits per heavy atom. The zero-order valence-corrected chi connectivity index (χ0v) is 18.5. The maximum Gasteiger partial charge on any atom is 0.344 e. The molecule has 7 nitrogen and oxygen atoms in total. The van der Waals surface area contributed by atoms with Gasteiger partial charge in [0.2, 0.25) is 0 Å². The number of amides is 2. The number of esters is 2. The van der Waals surface area contributed by atoms with Gasteiger partial charge in [-0.3, -0.25) is 19.3 Å². The van der Waals surface area contributed by atoms with Crippen molar-refractivity contribution in [2.45, 2.75) is 6.92 Å². The Kier molecular flexibility index (Phi) is 6.55. The summed E-state index contributed by atoms with van der Waals surface area (Å²) in [5.41, 5.74) is 1.01. The van der Waals surface area contributed by atoms with Crippen LogP contribution in [0.15, 0.2) is 71.6 Å². The lowest BCUT2D eigenvalue weighted by Crippen LogP contribution is -2.34. The summed E-state index contributed by atoms with van der Waals surface area (Å²) in [6.45, 7) is 1.37. The summed E-state index contributed by atoms with van der Waals surface area (Å²) in [5, 5.41) is 1.17. The molecule has 166 valence electrons. The van der Waals surface area contributed by atoms with Gasteiger partial charge in [0.1, 0.15) is 12.3 Å². The lowest BCUT2D eigenvalue weighted by Gasteiger charge is -2.10. The number of thioether (sulfide) groups is 1. The highest BCUT2D eigenvalue weighted by molar-refractivity contribution is 8.18. The summed E-state index contributed by atoms with van der Waals surface area (Å²) in [5.74, 6) is -1.43. The number of carbonyl (C=O) groups excluding carboxylic acids is 4. The second kappa shape index (κ2) is 9.70. The zero-order chi connectivity index (χ0) is 23.4. The molecule has 33 heavy (non-hydrogen) atoms. The number of rotatable bonds is 6. The molecule has 0 saturated carbocycles. The van der Waals surface area contributed by atoms with Crippen LogP contribution in [0.25, 0.3) is 16.8 Å². The van der Waals surface area contributed by atoms with Crippen LogP contribution in [0, 0.1) is 0 Å². The average Bonchev–Trinajstić information content (AvgIpc) is 3.06. The van der Waals surface area contributed by atoms with Crippen molar-refractivity contribution < 1.29 is 28.7 Å². The van der Waals surface area contributed by atoms with Crippen LogP contribution < -0.4 is 4.74 Å². The van der Waals surface area contributed by atoms with E-state index in [1.807, 2.05) is 30.3 Å². The van der Waals surface area contributed by atoms with Crippen molar-refractivity contribution in [2.24, 2.45) is 0 Å². The highest BCUT2D eigenvalue weighted by atomic mass is 32.2. The van der Waals surface area contributed by atoms with Crippen LogP contribution in [0.2, 0.25) is 0 Å². The van der Waals surface area contributed by atoms with E-state index in [0.717, 1.165) is 27.4 Å². The Balaban J connectivity index is 1.52. The third-order valence-electron chi connectivity index (χ3n) is 4.84. The molecule has 1 aliphatic heterocycles. The third kappa shape index (κ3) is 4.96. The minimum atomic E-state index is -0.650. The second-order valence-electron chi connectivity index (χ2n) is 7.06. The quantitative estimate of drug-likeness (QED) is 0.300. The molecule has 0 spiro atoms. The van der Waals surface area contributed by atoms with Crippen LogP contribution in [0.4, 0.5) is 4.79 Å². The van der Waals surface area contributed by atoms with Crippen molar-refractivity contribution in [1.82, 2.24) is 4.90 Å². The molecule has 0 bridgehead atoms. The maximum absolute atomic E-state index is 12.8.